The maximum absolute atomic E-state index is 13.0. The van der Waals surface area contributed by atoms with Gasteiger partial charge in [0.05, 0.1) is 43.9 Å². The Labute approximate surface area is 166 Å². The summed E-state index contributed by atoms with van der Waals surface area (Å²) in [5.74, 6) is 0.0797. The quantitative estimate of drug-likeness (QED) is 0.744. The number of anilines is 1. The highest BCUT2D eigenvalue weighted by atomic mass is 32.2. The highest BCUT2D eigenvalue weighted by Gasteiger charge is 2.31. The molecule has 8 heteroatoms. The predicted molar refractivity (Wildman–Crippen MR) is 107 cm³/mol. The third-order valence-corrected chi connectivity index (χ3v) is 6.74. The first-order valence-corrected chi connectivity index (χ1v) is 10.7. The normalized spacial score (nSPS) is 15.9. The van der Waals surface area contributed by atoms with Gasteiger partial charge in [0.2, 0.25) is 15.9 Å². The standard InChI is InChI=1S/C20H25N3O4S/c1-16(24)21-19-9-8-18(14-20(19)27-2)28(25,26)23-12-10-22(11-13-23)15-17-6-4-3-5-7-17/h3-9,14H,10-13,15H2,1-2H3,(H,21,24)/p+1. The van der Waals surface area contributed by atoms with Crippen LogP contribution in [-0.2, 0) is 21.4 Å². The van der Waals surface area contributed by atoms with Gasteiger partial charge >= 0.3 is 0 Å². The molecule has 1 heterocycles. The number of hydrogen-bond donors (Lipinski definition) is 2. The first-order chi connectivity index (χ1) is 13.4. The lowest BCUT2D eigenvalue weighted by molar-refractivity contribution is -0.917. The van der Waals surface area contributed by atoms with Gasteiger partial charge in [-0.15, -0.1) is 0 Å². The van der Waals surface area contributed by atoms with E-state index in [9.17, 15) is 13.2 Å². The van der Waals surface area contributed by atoms with Gasteiger partial charge in [-0.25, -0.2) is 8.42 Å². The highest BCUT2D eigenvalue weighted by molar-refractivity contribution is 7.89. The first kappa shape index (κ1) is 20.3. The molecule has 0 aliphatic carbocycles. The molecule has 7 nitrogen and oxygen atoms in total. The molecule has 1 aliphatic heterocycles. The number of amides is 1. The number of benzene rings is 2. The summed E-state index contributed by atoms with van der Waals surface area (Å²) in [7, 11) is -2.16. The minimum atomic E-state index is -3.61. The summed E-state index contributed by atoms with van der Waals surface area (Å²) in [5.41, 5.74) is 1.71. The summed E-state index contributed by atoms with van der Waals surface area (Å²) in [6.07, 6.45) is 0. The second kappa shape index (κ2) is 8.72. The lowest BCUT2D eigenvalue weighted by Crippen LogP contribution is -3.13. The van der Waals surface area contributed by atoms with Gasteiger partial charge in [-0.1, -0.05) is 30.3 Å². The molecule has 1 aliphatic rings. The Hall–Kier alpha value is -2.42. The van der Waals surface area contributed by atoms with Gasteiger partial charge < -0.3 is 15.0 Å². The molecule has 3 rings (SSSR count). The largest absolute Gasteiger partial charge is 0.495 e. The van der Waals surface area contributed by atoms with Gasteiger partial charge in [0.25, 0.3) is 0 Å². The molecule has 0 atom stereocenters. The Bertz CT molecular complexity index is 924. The minimum absolute atomic E-state index is 0.171. The Morgan fingerprint density at radius 2 is 1.82 bits per heavy atom. The molecular weight excluding hydrogens is 378 g/mol. The number of ether oxygens (including phenoxy) is 1. The molecule has 2 aromatic rings. The molecule has 1 fully saturated rings. The molecular formula is C20H26N3O4S+. The monoisotopic (exact) mass is 404 g/mol. The SMILES string of the molecule is COc1cc(S(=O)(=O)N2CC[NH+](Cc3ccccc3)CC2)ccc1NC(C)=O. The molecule has 1 amide bonds. The molecule has 0 bridgehead atoms. The number of carbonyl (C=O) groups is 1. The van der Waals surface area contributed by atoms with Crippen molar-refractivity contribution < 1.29 is 22.8 Å². The summed E-state index contributed by atoms with van der Waals surface area (Å²) < 4.78 is 32.8. The maximum Gasteiger partial charge on any atom is 0.243 e. The second-order valence-electron chi connectivity index (χ2n) is 6.86. The number of piperazine rings is 1. The Kier molecular flexibility index (Phi) is 6.33. The van der Waals surface area contributed by atoms with Crippen molar-refractivity contribution >= 4 is 21.6 Å². The summed E-state index contributed by atoms with van der Waals surface area (Å²) in [4.78, 5) is 12.8. The van der Waals surface area contributed by atoms with Crippen molar-refractivity contribution in [2.45, 2.75) is 18.4 Å². The minimum Gasteiger partial charge on any atom is -0.495 e. The van der Waals surface area contributed by atoms with Gasteiger partial charge in [-0.2, -0.15) is 4.31 Å². The molecule has 1 saturated heterocycles. The highest BCUT2D eigenvalue weighted by Crippen LogP contribution is 2.29. The Morgan fingerprint density at radius 3 is 2.43 bits per heavy atom. The molecule has 150 valence electrons. The van der Waals surface area contributed by atoms with Gasteiger partial charge in [0.1, 0.15) is 12.3 Å². The van der Waals surface area contributed by atoms with Crippen molar-refractivity contribution in [3.8, 4) is 5.75 Å². The second-order valence-corrected chi connectivity index (χ2v) is 8.80. The zero-order valence-electron chi connectivity index (χ0n) is 16.1. The summed E-state index contributed by atoms with van der Waals surface area (Å²) in [6, 6.07) is 14.8. The van der Waals surface area contributed by atoms with Crippen LogP contribution in [0.25, 0.3) is 0 Å². The summed E-state index contributed by atoms with van der Waals surface area (Å²) in [5, 5.41) is 2.64. The molecule has 28 heavy (non-hydrogen) atoms. The van der Waals surface area contributed by atoms with Crippen LogP contribution in [0.4, 0.5) is 5.69 Å². The van der Waals surface area contributed by atoms with Crippen LogP contribution in [0.1, 0.15) is 12.5 Å². The van der Waals surface area contributed by atoms with Gasteiger partial charge in [0.15, 0.2) is 0 Å². The average Bonchev–Trinajstić information content (AvgIpc) is 2.69. The molecule has 0 saturated carbocycles. The number of quaternary nitrogens is 1. The van der Waals surface area contributed by atoms with Gasteiger partial charge in [0, 0.05) is 18.6 Å². The molecule has 0 radical (unpaired) electrons. The number of rotatable bonds is 6. The number of methoxy groups -OCH3 is 1. The van der Waals surface area contributed by atoms with E-state index in [1.807, 2.05) is 18.2 Å². The zero-order chi connectivity index (χ0) is 20.1. The van der Waals surface area contributed by atoms with Crippen LogP contribution in [-0.4, -0.2) is 51.9 Å². The predicted octanol–water partition coefficient (Wildman–Crippen LogP) is 0.743. The van der Waals surface area contributed by atoms with Gasteiger partial charge in [-0.05, 0) is 12.1 Å². The molecule has 0 spiro atoms. The van der Waals surface area contributed by atoms with E-state index < -0.39 is 10.0 Å². The van der Waals surface area contributed by atoms with Crippen LogP contribution in [0.2, 0.25) is 0 Å². The van der Waals surface area contributed by atoms with Crippen molar-refractivity contribution in [2.75, 3.05) is 38.6 Å². The fourth-order valence-electron chi connectivity index (χ4n) is 3.38. The lowest BCUT2D eigenvalue weighted by Gasteiger charge is -2.31. The van der Waals surface area contributed by atoms with Gasteiger partial charge in [-0.3, -0.25) is 4.79 Å². The Balaban J connectivity index is 1.69. The van der Waals surface area contributed by atoms with Crippen molar-refractivity contribution in [3.63, 3.8) is 0 Å². The fraction of sp³-hybridized carbons (Fsp3) is 0.350. The molecule has 0 aromatic heterocycles. The third-order valence-electron chi connectivity index (χ3n) is 4.85. The van der Waals surface area contributed by atoms with Crippen molar-refractivity contribution in [3.05, 3.63) is 54.1 Å². The first-order valence-electron chi connectivity index (χ1n) is 9.23. The number of nitrogens with zero attached hydrogens (tertiary/aromatic N) is 1. The summed E-state index contributed by atoms with van der Waals surface area (Å²) >= 11 is 0. The fourth-order valence-corrected chi connectivity index (χ4v) is 4.84. The van der Waals surface area contributed by atoms with E-state index in [0.717, 1.165) is 19.6 Å². The molecule has 2 aromatic carbocycles. The maximum atomic E-state index is 13.0. The number of nitrogens with one attached hydrogen (secondary N) is 2. The zero-order valence-corrected chi connectivity index (χ0v) is 17.0. The van der Waals surface area contributed by atoms with Crippen molar-refractivity contribution in [1.29, 1.82) is 0 Å². The average molecular weight is 405 g/mol. The number of carbonyl (C=O) groups excluding carboxylic acids is 1. The molecule has 0 unspecified atom stereocenters. The van der Waals surface area contributed by atoms with E-state index in [1.54, 1.807) is 6.07 Å². The van der Waals surface area contributed by atoms with E-state index in [1.165, 1.54) is 40.9 Å². The van der Waals surface area contributed by atoms with E-state index in [0.29, 0.717) is 24.5 Å². The Morgan fingerprint density at radius 1 is 1.14 bits per heavy atom. The van der Waals surface area contributed by atoms with E-state index >= 15 is 0 Å². The van der Waals surface area contributed by atoms with Crippen molar-refractivity contribution in [2.24, 2.45) is 0 Å². The topological polar surface area (TPSA) is 80.2 Å². The summed E-state index contributed by atoms with van der Waals surface area (Å²) in [6.45, 7) is 4.75. The van der Waals surface area contributed by atoms with Crippen molar-refractivity contribution in [1.82, 2.24) is 4.31 Å². The lowest BCUT2D eigenvalue weighted by atomic mass is 10.2. The van der Waals surface area contributed by atoms with Crippen LogP contribution in [0.5, 0.6) is 5.75 Å². The smallest absolute Gasteiger partial charge is 0.243 e. The number of sulfonamides is 1. The third kappa shape index (κ3) is 4.70. The van der Waals surface area contributed by atoms with E-state index in [2.05, 4.69) is 17.4 Å². The molecule has 2 N–H and O–H groups in total. The van der Waals surface area contributed by atoms with Crippen LogP contribution in [0, 0.1) is 0 Å². The van der Waals surface area contributed by atoms with Crippen LogP contribution < -0.4 is 15.0 Å². The van der Waals surface area contributed by atoms with E-state index in [4.69, 9.17) is 4.74 Å². The van der Waals surface area contributed by atoms with Crippen LogP contribution in [0.3, 0.4) is 0 Å². The van der Waals surface area contributed by atoms with E-state index in [-0.39, 0.29) is 10.8 Å². The number of hydrogen-bond acceptors (Lipinski definition) is 4. The van der Waals surface area contributed by atoms with Crippen LogP contribution >= 0.6 is 0 Å². The van der Waals surface area contributed by atoms with Crippen LogP contribution in [0.15, 0.2) is 53.4 Å².